The van der Waals surface area contributed by atoms with E-state index in [1.165, 1.54) is 11.7 Å². The predicted molar refractivity (Wildman–Crippen MR) is 35.0 cm³/mol. The molecule has 1 unspecified atom stereocenters. The Kier molecular flexibility index (Phi) is 1.32. The third-order valence-corrected chi connectivity index (χ3v) is 2.56. The van der Waals surface area contributed by atoms with Gasteiger partial charge in [-0.25, -0.2) is 0 Å². The molecular weight excluding hydrogens is 103 g/mol. The summed E-state index contributed by atoms with van der Waals surface area (Å²) >= 11 is 0. The van der Waals surface area contributed by atoms with Gasteiger partial charge in [-0.05, 0) is 31.1 Å². The molecule has 0 saturated carbocycles. The first-order valence-electron chi connectivity index (χ1n) is 2.41. The summed E-state index contributed by atoms with van der Waals surface area (Å²) in [6.45, 7) is 4.42. The zero-order valence-corrected chi connectivity index (χ0v) is 5.63. The van der Waals surface area contributed by atoms with Crippen molar-refractivity contribution in [3.05, 3.63) is 17.1 Å². The van der Waals surface area contributed by atoms with E-state index in [1.54, 1.807) is 0 Å². The first-order chi connectivity index (χ1) is 3.29. The summed E-state index contributed by atoms with van der Waals surface area (Å²) < 4.78 is 0. The van der Waals surface area contributed by atoms with Crippen molar-refractivity contribution in [3.8, 4) is 0 Å². The maximum Gasteiger partial charge on any atom is -0.000298 e. The molecule has 0 radical (unpaired) electrons. The van der Waals surface area contributed by atoms with Crippen LogP contribution in [0.3, 0.4) is 0 Å². The molecule has 0 bridgehead atoms. The van der Waals surface area contributed by atoms with Gasteiger partial charge in [-0.3, -0.25) is 0 Å². The minimum atomic E-state index is 0.222. The van der Waals surface area contributed by atoms with E-state index in [0.29, 0.717) is 0 Å². The van der Waals surface area contributed by atoms with E-state index in [1.807, 2.05) is 0 Å². The number of rotatable bonds is 0. The lowest BCUT2D eigenvalue weighted by Crippen LogP contribution is -1.72. The summed E-state index contributed by atoms with van der Waals surface area (Å²) in [5, 5.41) is 0. The molecule has 0 aromatic heterocycles. The molecule has 1 aliphatic heterocycles. The predicted octanol–water partition coefficient (Wildman–Crippen LogP) is 2.17. The van der Waals surface area contributed by atoms with Gasteiger partial charge in [-0.15, -0.1) is 5.73 Å². The van der Waals surface area contributed by atoms with Crippen LogP contribution in [-0.4, -0.2) is 12.8 Å². The lowest BCUT2D eigenvalue weighted by atomic mass is 10.4. The van der Waals surface area contributed by atoms with Crippen molar-refractivity contribution in [1.29, 1.82) is 0 Å². The van der Waals surface area contributed by atoms with Crippen molar-refractivity contribution in [2.24, 2.45) is 0 Å². The van der Waals surface area contributed by atoms with Gasteiger partial charge in [0.2, 0.25) is 0 Å². The van der Waals surface area contributed by atoms with Gasteiger partial charge in [-0.1, -0.05) is 7.92 Å². The fourth-order valence-electron chi connectivity index (χ4n) is 0.686. The smallest absolute Gasteiger partial charge is 0.000298 e. The minimum Gasteiger partial charge on any atom is -0.121 e. The summed E-state index contributed by atoms with van der Waals surface area (Å²) in [7, 11) is 0.222. The van der Waals surface area contributed by atoms with Crippen LogP contribution in [0.2, 0.25) is 0 Å². The molecule has 1 heteroatoms. The van der Waals surface area contributed by atoms with Crippen molar-refractivity contribution >= 4 is 7.92 Å². The van der Waals surface area contributed by atoms with Gasteiger partial charge in [0.25, 0.3) is 0 Å². The normalized spacial score (nSPS) is 28.3. The third kappa shape index (κ3) is 1.16. The van der Waals surface area contributed by atoms with Crippen LogP contribution in [0.5, 0.6) is 0 Å². The molecule has 1 atom stereocenters. The molecule has 0 aromatic rings. The Morgan fingerprint density at radius 1 is 1.86 bits per heavy atom. The Labute approximate surface area is 45.7 Å². The molecule has 0 spiro atoms. The summed E-state index contributed by atoms with van der Waals surface area (Å²) in [5.74, 6) is 2.20. The van der Waals surface area contributed by atoms with Crippen LogP contribution >= 0.6 is 7.92 Å². The fraction of sp³-hybridized carbons (Fsp3) is 0.500. The Bertz CT molecular complexity index is 129. The second-order valence-electron chi connectivity index (χ2n) is 1.97. The van der Waals surface area contributed by atoms with E-state index in [4.69, 9.17) is 0 Å². The van der Waals surface area contributed by atoms with E-state index in [9.17, 15) is 0 Å². The van der Waals surface area contributed by atoms with Crippen LogP contribution in [0, 0.1) is 0 Å². The molecular formula is C6H9P. The highest BCUT2D eigenvalue weighted by Crippen LogP contribution is 2.37. The van der Waals surface area contributed by atoms with Crippen molar-refractivity contribution in [3.63, 3.8) is 0 Å². The quantitative estimate of drug-likeness (QED) is 0.333. The van der Waals surface area contributed by atoms with E-state index in [-0.39, 0.29) is 7.92 Å². The highest BCUT2D eigenvalue weighted by molar-refractivity contribution is 7.60. The Hall–Kier alpha value is -0.0500. The summed E-state index contributed by atoms with van der Waals surface area (Å²) in [6.07, 6.45) is 1.29. The second-order valence-corrected chi connectivity index (χ2v) is 4.06. The third-order valence-electron chi connectivity index (χ3n) is 1.02. The average Bonchev–Trinajstić information content (AvgIpc) is 1.87. The molecule has 7 heavy (non-hydrogen) atoms. The minimum absolute atomic E-state index is 0.222. The lowest BCUT2D eigenvalue weighted by Gasteiger charge is -1.94. The summed E-state index contributed by atoms with van der Waals surface area (Å²) in [5.41, 5.74) is 4.61. The van der Waals surface area contributed by atoms with E-state index >= 15 is 0 Å². The van der Waals surface area contributed by atoms with Crippen molar-refractivity contribution in [1.82, 2.24) is 0 Å². The molecule has 0 fully saturated rings. The van der Waals surface area contributed by atoms with Gasteiger partial charge in [0.15, 0.2) is 0 Å². The average molecular weight is 112 g/mol. The van der Waals surface area contributed by atoms with Crippen LogP contribution in [0.4, 0.5) is 0 Å². The summed E-state index contributed by atoms with van der Waals surface area (Å²) in [6, 6.07) is 0. The van der Waals surface area contributed by atoms with E-state index in [0.717, 1.165) is 0 Å². The molecule has 0 saturated heterocycles. The zero-order valence-electron chi connectivity index (χ0n) is 4.73. The van der Waals surface area contributed by atoms with Crippen LogP contribution in [-0.2, 0) is 0 Å². The van der Waals surface area contributed by atoms with Gasteiger partial charge in [-0.2, -0.15) is 0 Å². The topological polar surface area (TPSA) is 0 Å². The Morgan fingerprint density at radius 3 is 2.71 bits per heavy atom. The highest BCUT2D eigenvalue weighted by Gasteiger charge is 2.00. The van der Waals surface area contributed by atoms with Gasteiger partial charge in [0.05, 0.1) is 0 Å². The van der Waals surface area contributed by atoms with Gasteiger partial charge in [0, 0.05) is 0 Å². The zero-order chi connectivity index (χ0) is 5.28. The van der Waals surface area contributed by atoms with Crippen LogP contribution in [0.15, 0.2) is 17.1 Å². The lowest BCUT2D eigenvalue weighted by molar-refractivity contribution is 1.43. The summed E-state index contributed by atoms with van der Waals surface area (Å²) in [4.78, 5) is 0. The first kappa shape index (κ1) is 5.09. The Morgan fingerprint density at radius 2 is 2.57 bits per heavy atom. The van der Waals surface area contributed by atoms with Crippen molar-refractivity contribution < 1.29 is 0 Å². The number of allylic oxidation sites excluding steroid dienone is 1. The molecule has 0 nitrogen and oxygen atoms in total. The van der Waals surface area contributed by atoms with Crippen LogP contribution in [0.1, 0.15) is 6.92 Å². The van der Waals surface area contributed by atoms with Gasteiger partial charge < -0.3 is 0 Å². The maximum absolute atomic E-state index is 3.19. The van der Waals surface area contributed by atoms with Crippen LogP contribution < -0.4 is 0 Å². The van der Waals surface area contributed by atoms with Gasteiger partial charge >= 0.3 is 0 Å². The molecule has 1 aliphatic rings. The standard InChI is InChI=1S/C6H9P/c1-6-3-4-7(2)5-6/h4H,5H2,1-2H3. The van der Waals surface area contributed by atoms with E-state index < -0.39 is 0 Å². The molecule has 0 N–H and O–H groups in total. The first-order valence-corrected chi connectivity index (χ1v) is 4.46. The van der Waals surface area contributed by atoms with Crippen LogP contribution in [0.25, 0.3) is 0 Å². The van der Waals surface area contributed by atoms with Crippen molar-refractivity contribution in [2.45, 2.75) is 6.92 Å². The molecule has 0 aromatic carbocycles. The van der Waals surface area contributed by atoms with Gasteiger partial charge in [0.1, 0.15) is 0 Å². The largest absolute Gasteiger partial charge is 0.121 e. The fourth-order valence-corrected chi connectivity index (χ4v) is 2.06. The highest BCUT2D eigenvalue weighted by atomic mass is 31.1. The second kappa shape index (κ2) is 1.82. The molecule has 0 amide bonds. The number of hydrogen-bond donors (Lipinski definition) is 0. The van der Waals surface area contributed by atoms with E-state index in [2.05, 4.69) is 25.1 Å². The molecule has 1 heterocycles. The molecule has 38 valence electrons. The SMILES string of the molecule is CC1=C=CP(C)C1. The number of hydrogen-bond acceptors (Lipinski definition) is 0. The van der Waals surface area contributed by atoms with Crippen molar-refractivity contribution in [2.75, 3.05) is 12.8 Å². The monoisotopic (exact) mass is 112 g/mol. The Balaban J connectivity index is 2.62. The maximum atomic E-state index is 3.19. The molecule has 0 aliphatic carbocycles. The molecule has 1 rings (SSSR count).